The van der Waals surface area contributed by atoms with Gasteiger partial charge in [-0.2, -0.15) is 0 Å². The van der Waals surface area contributed by atoms with Gasteiger partial charge in [-0.1, -0.05) is 23.7 Å². The molecule has 2 saturated heterocycles. The van der Waals surface area contributed by atoms with E-state index < -0.39 is 5.79 Å². The first kappa shape index (κ1) is 18.1. The molecule has 24 heavy (non-hydrogen) atoms. The summed E-state index contributed by atoms with van der Waals surface area (Å²) in [6.07, 6.45) is 2.02. The molecule has 2 fully saturated rings. The Morgan fingerprint density at radius 3 is 2.79 bits per heavy atom. The van der Waals surface area contributed by atoms with Crippen LogP contribution in [0.15, 0.2) is 29.2 Å². The maximum absolute atomic E-state index is 12.9. The van der Waals surface area contributed by atoms with Crippen LogP contribution in [0, 0.1) is 5.92 Å². The summed E-state index contributed by atoms with van der Waals surface area (Å²) < 4.78 is 11.6. The van der Waals surface area contributed by atoms with Gasteiger partial charge < -0.3 is 14.4 Å². The van der Waals surface area contributed by atoms with Gasteiger partial charge in [-0.15, -0.1) is 11.8 Å². The first-order valence-electron chi connectivity index (χ1n) is 8.47. The molecule has 0 bridgehead atoms. The molecule has 0 N–H and O–H groups in total. The maximum Gasteiger partial charge on any atom is 0.235 e. The van der Waals surface area contributed by atoms with Crippen LogP contribution in [-0.4, -0.2) is 48.1 Å². The van der Waals surface area contributed by atoms with E-state index in [-0.39, 0.29) is 17.1 Å². The molecule has 0 aliphatic carbocycles. The minimum absolute atomic E-state index is 0.159. The molecule has 2 heterocycles. The van der Waals surface area contributed by atoms with Crippen molar-refractivity contribution in [1.29, 1.82) is 0 Å². The number of likely N-dealkylation sites (tertiary alicyclic amines) is 1. The van der Waals surface area contributed by atoms with Crippen LogP contribution >= 0.6 is 23.4 Å². The molecule has 2 aliphatic rings. The maximum atomic E-state index is 12.9. The zero-order chi connectivity index (χ0) is 17.2. The van der Waals surface area contributed by atoms with Crippen molar-refractivity contribution in [2.45, 2.75) is 42.6 Å². The van der Waals surface area contributed by atoms with Gasteiger partial charge in [0.1, 0.15) is 0 Å². The smallest absolute Gasteiger partial charge is 0.235 e. The van der Waals surface area contributed by atoms with Gasteiger partial charge in [0.05, 0.1) is 23.5 Å². The molecule has 4 nitrogen and oxygen atoms in total. The van der Waals surface area contributed by atoms with Crippen molar-refractivity contribution in [2.24, 2.45) is 5.92 Å². The third-order valence-corrected chi connectivity index (χ3v) is 6.43. The first-order valence-corrected chi connectivity index (χ1v) is 9.73. The van der Waals surface area contributed by atoms with Crippen LogP contribution in [-0.2, 0) is 14.3 Å². The molecular weight excluding hydrogens is 346 g/mol. The van der Waals surface area contributed by atoms with Crippen molar-refractivity contribution in [2.75, 3.05) is 26.3 Å². The molecule has 0 saturated carbocycles. The highest BCUT2D eigenvalue weighted by molar-refractivity contribution is 8.00. The Kier molecular flexibility index (Phi) is 5.75. The SMILES string of the molecule is C[C@H](Sc1ccccc1Cl)C(=O)N1CCC[C@@H](C2(C)OCCO2)C1. The van der Waals surface area contributed by atoms with Gasteiger partial charge in [0.15, 0.2) is 5.79 Å². The first-order chi connectivity index (χ1) is 11.5. The lowest BCUT2D eigenvalue weighted by molar-refractivity contribution is -0.192. The summed E-state index contributed by atoms with van der Waals surface area (Å²) in [5.74, 6) is -0.153. The largest absolute Gasteiger partial charge is 0.347 e. The van der Waals surface area contributed by atoms with Gasteiger partial charge in [-0.3, -0.25) is 4.79 Å². The van der Waals surface area contributed by atoms with Crippen LogP contribution in [0.1, 0.15) is 26.7 Å². The van der Waals surface area contributed by atoms with Gasteiger partial charge in [0, 0.05) is 23.9 Å². The van der Waals surface area contributed by atoms with E-state index in [0.717, 1.165) is 24.3 Å². The Morgan fingerprint density at radius 2 is 2.08 bits per heavy atom. The Bertz CT molecular complexity index is 591. The van der Waals surface area contributed by atoms with E-state index in [1.54, 1.807) is 0 Å². The molecule has 1 amide bonds. The average Bonchev–Trinajstić information content (AvgIpc) is 3.04. The van der Waals surface area contributed by atoms with Crippen LogP contribution in [0.5, 0.6) is 0 Å². The quantitative estimate of drug-likeness (QED) is 0.756. The monoisotopic (exact) mass is 369 g/mol. The predicted molar refractivity (Wildman–Crippen MR) is 96.4 cm³/mol. The zero-order valence-corrected chi connectivity index (χ0v) is 15.7. The normalized spacial score (nSPS) is 24.8. The molecule has 0 aromatic heterocycles. The Labute approximate surface area is 152 Å². The van der Waals surface area contributed by atoms with E-state index in [4.69, 9.17) is 21.1 Å². The van der Waals surface area contributed by atoms with Gasteiger partial charge in [-0.25, -0.2) is 0 Å². The lowest BCUT2D eigenvalue weighted by Crippen LogP contribution is -2.50. The van der Waals surface area contributed by atoms with Crippen molar-refractivity contribution in [3.05, 3.63) is 29.3 Å². The third-order valence-electron chi connectivity index (χ3n) is 4.82. The molecule has 0 radical (unpaired) electrons. The highest BCUT2D eigenvalue weighted by Gasteiger charge is 2.43. The Hall–Kier alpha value is -0.750. The Balaban J connectivity index is 1.62. The second-order valence-electron chi connectivity index (χ2n) is 6.53. The van der Waals surface area contributed by atoms with E-state index in [0.29, 0.717) is 24.8 Å². The van der Waals surface area contributed by atoms with E-state index >= 15 is 0 Å². The number of nitrogens with zero attached hydrogens (tertiary/aromatic N) is 1. The molecule has 1 aromatic carbocycles. The van der Waals surface area contributed by atoms with Crippen molar-refractivity contribution < 1.29 is 14.3 Å². The molecule has 1 aromatic rings. The van der Waals surface area contributed by atoms with Gasteiger partial charge in [0.2, 0.25) is 5.91 Å². The number of rotatable bonds is 4. The summed E-state index contributed by atoms with van der Waals surface area (Å²) in [5, 5.41) is 0.529. The van der Waals surface area contributed by atoms with Crippen molar-refractivity contribution in [3.63, 3.8) is 0 Å². The zero-order valence-electron chi connectivity index (χ0n) is 14.2. The number of hydrogen-bond donors (Lipinski definition) is 0. The summed E-state index contributed by atoms with van der Waals surface area (Å²) in [5.41, 5.74) is 0. The summed E-state index contributed by atoms with van der Waals surface area (Å²) in [7, 11) is 0. The number of thioether (sulfide) groups is 1. The average molecular weight is 370 g/mol. The number of hydrogen-bond acceptors (Lipinski definition) is 4. The van der Waals surface area contributed by atoms with E-state index in [1.165, 1.54) is 11.8 Å². The van der Waals surface area contributed by atoms with Crippen LogP contribution < -0.4 is 0 Å². The lowest BCUT2D eigenvalue weighted by atomic mass is 9.90. The minimum Gasteiger partial charge on any atom is -0.347 e. The second-order valence-corrected chi connectivity index (χ2v) is 8.32. The summed E-state index contributed by atoms with van der Waals surface area (Å²) in [6.45, 7) is 6.73. The predicted octanol–water partition coefficient (Wildman–Crippen LogP) is 3.82. The van der Waals surface area contributed by atoms with Crippen molar-refractivity contribution in [1.82, 2.24) is 4.90 Å². The van der Waals surface area contributed by atoms with Crippen LogP contribution in [0.4, 0.5) is 0 Å². The van der Waals surface area contributed by atoms with Gasteiger partial charge in [0.25, 0.3) is 0 Å². The van der Waals surface area contributed by atoms with E-state index in [9.17, 15) is 4.79 Å². The summed E-state index contributed by atoms with van der Waals surface area (Å²) >= 11 is 7.73. The molecule has 6 heteroatoms. The number of amides is 1. The van der Waals surface area contributed by atoms with Crippen molar-refractivity contribution in [3.8, 4) is 0 Å². The number of carbonyl (C=O) groups is 1. The number of carbonyl (C=O) groups excluding carboxylic acids is 1. The minimum atomic E-state index is -0.544. The molecule has 3 rings (SSSR count). The van der Waals surface area contributed by atoms with Crippen LogP contribution in [0.3, 0.4) is 0 Å². The standard InChI is InChI=1S/C18H24ClNO3S/c1-13(24-16-8-4-3-7-15(16)19)17(21)20-9-5-6-14(12-20)18(2)22-10-11-23-18/h3-4,7-8,13-14H,5-6,9-12H2,1-2H3/t13-,14+/m0/s1. The summed E-state index contributed by atoms with van der Waals surface area (Å²) in [6, 6.07) is 7.65. The number of piperidine rings is 1. The van der Waals surface area contributed by atoms with Crippen molar-refractivity contribution >= 4 is 29.3 Å². The molecular formula is C18H24ClNO3S. The number of halogens is 1. The molecule has 0 unspecified atom stereocenters. The molecule has 132 valence electrons. The third kappa shape index (κ3) is 3.90. The highest BCUT2D eigenvalue weighted by atomic mass is 35.5. The number of ether oxygens (including phenoxy) is 2. The fourth-order valence-electron chi connectivity index (χ4n) is 3.41. The Morgan fingerprint density at radius 1 is 1.38 bits per heavy atom. The fraction of sp³-hybridized carbons (Fsp3) is 0.611. The highest BCUT2D eigenvalue weighted by Crippen LogP contribution is 2.36. The summed E-state index contributed by atoms with van der Waals surface area (Å²) in [4.78, 5) is 15.8. The van der Waals surface area contributed by atoms with Gasteiger partial charge >= 0.3 is 0 Å². The fourth-order valence-corrected chi connectivity index (χ4v) is 4.65. The van der Waals surface area contributed by atoms with E-state index in [1.807, 2.05) is 43.0 Å². The van der Waals surface area contributed by atoms with Crippen LogP contribution in [0.25, 0.3) is 0 Å². The second kappa shape index (κ2) is 7.65. The molecule has 2 atom stereocenters. The van der Waals surface area contributed by atoms with Gasteiger partial charge in [-0.05, 0) is 38.8 Å². The van der Waals surface area contributed by atoms with E-state index in [2.05, 4.69) is 0 Å². The molecule has 2 aliphatic heterocycles. The van der Waals surface area contributed by atoms with Crippen LogP contribution in [0.2, 0.25) is 5.02 Å². The topological polar surface area (TPSA) is 38.8 Å². The number of benzene rings is 1. The molecule has 0 spiro atoms. The lowest BCUT2D eigenvalue weighted by Gasteiger charge is -2.40.